The van der Waals surface area contributed by atoms with Crippen LogP contribution in [0.25, 0.3) is 0 Å². The molecule has 3 nitrogen and oxygen atoms in total. The number of carboxylic acid groups (broad SMARTS) is 1. The lowest BCUT2D eigenvalue weighted by Crippen LogP contribution is -2.04. The Morgan fingerprint density at radius 1 is 1.38 bits per heavy atom. The molecule has 1 N–H and O–H groups in total. The quantitative estimate of drug-likeness (QED) is 0.838. The second kappa shape index (κ2) is 6.48. The van der Waals surface area contributed by atoms with Crippen molar-refractivity contribution in [2.45, 2.75) is 22.7 Å². The van der Waals surface area contributed by atoms with Gasteiger partial charge in [0.25, 0.3) is 0 Å². The van der Waals surface area contributed by atoms with Crippen LogP contribution >= 0.6 is 23.1 Å². The summed E-state index contributed by atoms with van der Waals surface area (Å²) in [5.74, 6) is -0.612. The molecule has 112 valence electrons. The topological polar surface area (TPSA) is 50.2 Å². The average molecular weight is 333 g/mol. The van der Waals surface area contributed by atoms with Gasteiger partial charge in [0.15, 0.2) is 0 Å². The maximum Gasteiger partial charge on any atom is 0.416 e. The van der Waals surface area contributed by atoms with Gasteiger partial charge < -0.3 is 5.11 Å². The van der Waals surface area contributed by atoms with Gasteiger partial charge in [-0.15, -0.1) is 11.3 Å². The molecule has 0 spiro atoms. The number of nitrogens with zero attached hydrogens (tertiary/aromatic N) is 1. The number of thioether (sulfide) groups is 1. The summed E-state index contributed by atoms with van der Waals surface area (Å²) in [6, 6.07) is 5.13. The van der Waals surface area contributed by atoms with Crippen LogP contribution in [-0.2, 0) is 23.1 Å². The Morgan fingerprint density at radius 2 is 2.14 bits per heavy atom. The fraction of sp³-hybridized carbons (Fsp3) is 0.231. The molecule has 0 unspecified atom stereocenters. The summed E-state index contributed by atoms with van der Waals surface area (Å²) in [5, 5.41) is 10.3. The van der Waals surface area contributed by atoms with Crippen molar-refractivity contribution in [2.24, 2.45) is 0 Å². The van der Waals surface area contributed by atoms with Crippen LogP contribution in [0.4, 0.5) is 13.2 Å². The molecule has 0 saturated carbocycles. The van der Waals surface area contributed by atoms with Crippen LogP contribution < -0.4 is 0 Å². The van der Waals surface area contributed by atoms with E-state index < -0.39 is 17.7 Å². The van der Waals surface area contributed by atoms with Gasteiger partial charge in [-0.25, -0.2) is 4.98 Å². The maximum atomic E-state index is 12.6. The van der Waals surface area contributed by atoms with Crippen molar-refractivity contribution >= 4 is 29.1 Å². The standard InChI is InChI=1S/C13H10F3NO2S2/c14-13(15,16)9-3-1-2-8(4-9)6-20-12-17-10(7-21-12)5-11(18)19/h1-4,7H,5-6H2,(H,18,19). The van der Waals surface area contributed by atoms with Gasteiger partial charge in [-0.2, -0.15) is 13.2 Å². The summed E-state index contributed by atoms with van der Waals surface area (Å²) < 4.78 is 38.4. The Balaban J connectivity index is 2.00. The molecule has 21 heavy (non-hydrogen) atoms. The first kappa shape index (κ1) is 15.8. The Kier molecular flexibility index (Phi) is 4.89. The highest BCUT2D eigenvalue weighted by Gasteiger charge is 2.30. The fourth-order valence-electron chi connectivity index (χ4n) is 1.57. The molecule has 1 aromatic heterocycles. The molecule has 2 aromatic rings. The minimum Gasteiger partial charge on any atom is -0.481 e. The number of benzene rings is 1. The summed E-state index contributed by atoms with van der Waals surface area (Å²) in [6.45, 7) is 0. The molecule has 8 heteroatoms. The number of carboxylic acids is 1. The van der Waals surface area contributed by atoms with Gasteiger partial charge in [-0.3, -0.25) is 4.79 Å². The summed E-state index contributed by atoms with van der Waals surface area (Å²) in [7, 11) is 0. The predicted molar refractivity (Wildman–Crippen MR) is 74.5 cm³/mol. The number of aromatic nitrogens is 1. The lowest BCUT2D eigenvalue weighted by atomic mass is 10.1. The molecule has 0 fully saturated rings. The van der Waals surface area contributed by atoms with Crippen molar-refractivity contribution in [2.75, 3.05) is 0 Å². The fourth-order valence-corrected chi connectivity index (χ4v) is 3.36. The maximum absolute atomic E-state index is 12.6. The molecule has 2 rings (SSSR count). The Morgan fingerprint density at radius 3 is 2.81 bits per heavy atom. The van der Waals surface area contributed by atoms with Crippen molar-refractivity contribution < 1.29 is 23.1 Å². The van der Waals surface area contributed by atoms with Crippen LogP contribution in [0.15, 0.2) is 34.0 Å². The van der Waals surface area contributed by atoms with Crippen LogP contribution in [0.3, 0.4) is 0 Å². The number of halogens is 3. The molecule has 1 aromatic carbocycles. The summed E-state index contributed by atoms with van der Waals surface area (Å²) >= 11 is 2.57. The zero-order chi connectivity index (χ0) is 15.5. The third-order valence-corrected chi connectivity index (χ3v) is 4.62. The SMILES string of the molecule is O=C(O)Cc1csc(SCc2cccc(C(F)(F)F)c2)n1. The van der Waals surface area contributed by atoms with Crippen LogP contribution in [0, 0.1) is 0 Å². The van der Waals surface area contributed by atoms with E-state index >= 15 is 0 Å². The van der Waals surface area contributed by atoms with Crippen LogP contribution in [0.1, 0.15) is 16.8 Å². The number of aliphatic carboxylic acids is 1. The Labute approximate surface area is 126 Å². The van der Waals surface area contributed by atoms with E-state index in [-0.39, 0.29) is 6.42 Å². The van der Waals surface area contributed by atoms with Crippen LogP contribution in [0.5, 0.6) is 0 Å². The first-order valence-corrected chi connectivity index (χ1v) is 7.66. The first-order valence-electron chi connectivity index (χ1n) is 5.80. The number of thiazole rings is 1. The summed E-state index contributed by atoms with van der Waals surface area (Å²) in [6.07, 6.45) is -4.50. The van der Waals surface area contributed by atoms with E-state index in [0.29, 0.717) is 21.3 Å². The van der Waals surface area contributed by atoms with Crippen molar-refractivity contribution in [3.8, 4) is 0 Å². The van der Waals surface area contributed by atoms with E-state index in [0.717, 1.165) is 12.1 Å². The molecule has 0 amide bonds. The van der Waals surface area contributed by atoms with Crippen molar-refractivity contribution in [1.29, 1.82) is 0 Å². The lowest BCUT2D eigenvalue weighted by molar-refractivity contribution is -0.138. The van der Waals surface area contributed by atoms with Crippen LogP contribution in [-0.4, -0.2) is 16.1 Å². The van der Waals surface area contributed by atoms with Gasteiger partial charge in [0.05, 0.1) is 17.7 Å². The van der Waals surface area contributed by atoms with E-state index in [2.05, 4.69) is 4.98 Å². The molecule has 0 aliphatic heterocycles. The summed E-state index contributed by atoms with van der Waals surface area (Å²) in [5.41, 5.74) is 0.329. The molecule has 0 atom stereocenters. The normalized spacial score (nSPS) is 11.6. The number of hydrogen-bond acceptors (Lipinski definition) is 4. The number of carbonyl (C=O) groups is 1. The van der Waals surface area contributed by atoms with E-state index in [4.69, 9.17) is 5.11 Å². The molecular formula is C13H10F3NO2S2. The molecular weight excluding hydrogens is 323 g/mol. The van der Waals surface area contributed by atoms with E-state index in [1.165, 1.54) is 29.2 Å². The second-order valence-corrected chi connectivity index (χ2v) is 6.24. The van der Waals surface area contributed by atoms with Gasteiger partial charge in [0, 0.05) is 11.1 Å². The molecule has 0 radical (unpaired) electrons. The first-order chi connectivity index (χ1) is 9.84. The van der Waals surface area contributed by atoms with Crippen LogP contribution in [0.2, 0.25) is 0 Å². The molecule has 0 saturated heterocycles. The molecule has 0 aliphatic carbocycles. The van der Waals surface area contributed by atoms with E-state index in [1.807, 2.05) is 0 Å². The zero-order valence-electron chi connectivity index (χ0n) is 10.6. The van der Waals surface area contributed by atoms with Crippen molar-refractivity contribution in [3.05, 3.63) is 46.5 Å². The highest BCUT2D eigenvalue weighted by atomic mass is 32.2. The number of alkyl halides is 3. The van der Waals surface area contributed by atoms with Crippen molar-refractivity contribution in [1.82, 2.24) is 4.98 Å². The van der Waals surface area contributed by atoms with Gasteiger partial charge in [0.1, 0.15) is 4.34 Å². The second-order valence-electron chi connectivity index (χ2n) is 4.16. The minimum atomic E-state index is -4.35. The Bertz CT molecular complexity index is 640. The molecule has 0 aliphatic rings. The summed E-state index contributed by atoms with van der Waals surface area (Å²) in [4.78, 5) is 14.7. The number of hydrogen-bond donors (Lipinski definition) is 1. The largest absolute Gasteiger partial charge is 0.481 e. The Hall–Kier alpha value is -1.54. The average Bonchev–Trinajstić information content (AvgIpc) is 2.82. The van der Waals surface area contributed by atoms with E-state index in [9.17, 15) is 18.0 Å². The zero-order valence-corrected chi connectivity index (χ0v) is 12.2. The third-order valence-electron chi connectivity index (χ3n) is 2.48. The van der Waals surface area contributed by atoms with Gasteiger partial charge in [0.2, 0.25) is 0 Å². The minimum absolute atomic E-state index is 0.152. The smallest absolute Gasteiger partial charge is 0.416 e. The van der Waals surface area contributed by atoms with Gasteiger partial charge in [-0.05, 0) is 11.6 Å². The van der Waals surface area contributed by atoms with Gasteiger partial charge >= 0.3 is 12.1 Å². The monoisotopic (exact) mass is 333 g/mol. The lowest BCUT2D eigenvalue weighted by Gasteiger charge is -2.07. The third kappa shape index (κ3) is 4.75. The molecule has 1 heterocycles. The van der Waals surface area contributed by atoms with E-state index in [1.54, 1.807) is 11.4 Å². The number of rotatable bonds is 5. The predicted octanol–water partition coefficient (Wildman–Crippen LogP) is 4.08. The molecule has 0 bridgehead atoms. The highest BCUT2D eigenvalue weighted by molar-refractivity contribution is 8.00. The van der Waals surface area contributed by atoms with Crippen molar-refractivity contribution in [3.63, 3.8) is 0 Å². The van der Waals surface area contributed by atoms with Gasteiger partial charge in [-0.1, -0.05) is 30.0 Å². The highest BCUT2D eigenvalue weighted by Crippen LogP contribution is 2.31.